The minimum Gasteiger partial charge on any atom is -0.339 e. The van der Waals surface area contributed by atoms with Crippen LogP contribution in [0.4, 0.5) is 0 Å². The molecular weight excluding hydrogens is 240 g/mol. The summed E-state index contributed by atoms with van der Waals surface area (Å²) in [4.78, 5) is 27.8. The molecule has 4 heteroatoms. The number of carbonyl (C=O) groups excluding carboxylic acids is 2. The molecule has 0 aliphatic carbocycles. The minimum absolute atomic E-state index is 0.0525. The van der Waals surface area contributed by atoms with E-state index < -0.39 is 0 Å². The highest BCUT2D eigenvalue weighted by Crippen LogP contribution is 2.14. The third kappa shape index (κ3) is 2.95. The summed E-state index contributed by atoms with van der Waals surface area (Å²) in [5.74, 6) is 0.218. The molecule has 0 radical (unpaired) electrons. The monoisotopic (exact) mass is 260 g/mol. The van der Waals surface area contributed by atoms with E-state index in [0.717, 1.165) is 0 Å². The van der Waals surface area contributed by atoms with Crippen molar-refractivity contribution >= 4 is 11.8 Å². The summed E-state index contributed by atoms with van der Waals surface area (Å²) in [6.45, 7) is 5.74. The Morgan fingerprint density at radius 3 is 2.47 bits per heavy atom. The van der Waals surface area contributed by atoms with E-state index >= 15 is 0 Å². The van der Waals surface area contributed by atoms with Crippen LogP contribution in [0.2, 0.25) is 0 Å². The van der Waals surface area contributed by atoms with Crippen molar-refractivity contribution in [2.75, 3.05) is 19.6 Å². The molecule has 4 nitrogen and oxygen atoms in total. The van der Waals surface area contributed by atoms with Gasteiger partial charge in [-0.25, -0.2) is 0 Å². The SMILES string of the molecule is CCC(=O)N1CCN(C(=O)c2ccccc2)[C@H](C)C1. The van der Waals surface area contributed by atoms with Crippen molar-refractivity contribution in [1.29, 1.82) is 0 Å². The molecular formula is C15H20N2O2. The lowest BCUT2D eigenvalue weighted by Crippen LogP contribution is -2.55. The van der Waals surface area contributed by atoms with Gasteiger partial charge in [0, 0.05) is 37.7 Å². The van der Waals surface area contributed by atoms with Gasteiger partial charge in [0.2, 0.25) is 5.91 Å². The first-order chi connectivity index (χ1) is 9.13. The molecule has 0 N–H and O–H groups in total. The van der Waals surface area contributed by atoms with Crippen LogP contribution in [-0.2, 0) is 4.79 Å². The van der Waals surface area contributed by atoms with Crippen LogP contribution in [0.3, 0.4) is 0 Å². The lowest BCUT2D eigenvalue weighted by molar-refractivity contribution is -0.133. The van der Waals surface area contributed by atoms with Gasteiger partial charge in [-0.05, 0) is 19.1 Å². The van der Waals surface area contributed by atoms with E-state index in [1.165, 1.54) is 0 Å². The van der Waals surface area contributed by atoms with E-state index in [-0.39, 0.29) is 17.9 Å². The summed E-state index contributed by atoms with van der Waals surface area (Å²) in [6, 6.07) is 9.37. The molecule has 1 heterocycles. The third-order valence-corrected chi connectivity index (χ3v) is 3.56. The first-order valence-corrected chi connectivity index (χ1v) is 6.77. The van der Waals surface area contributed by atoms with Crippen LogP contribution < -0.4 is 0 Å². The Labute approximate surface area is 114 Å². The molecule has 1 aliphatic heterocycles. The molecule has 1 saturated heterocycles. The summed E-state index contributed by atoms with van der Waals surface area (Å²) in [7, 11) is 0. The maximum atomic E-state index is 12.4. The zero-order valence-electron chi connectivity index (χ0n) is 11.5. The summed E-state index contributed by atoms with van der Waals surface area (Å²) < 4.78 is 0. The molecule has 0 saturated carbocycles. The van der Waals surface area contributed by atoms with E-state index in [4.69, 9.17) is 0 Å². The highest BCUT2D eigenvalue weighted by molar-refractivity contribution is 5.94. The number of carbonyl (C=O) groups is 2. The topological polar surface area (TPSA) is 40.6 Å². The molecule has 0 spiro atoms. The molecule has 2 amide bonds. The zero-order chi connectivity index (χ0) is 13.8. The molecule has 102 valence electrons. The number of amides is 2. The Bertz CT molecular complexity index is 458. The van der Waals surface area contributed by atoms with Crippen molar-refractivity contribution in [3.63, 3.8) is 0 Å². The van der Waals surface area contributed by atoms with Gasteiger partial charge in [0.15, 0.2) is 0 Å². The molecule has 1 aromatic carbocycles. The van der Waals surface area contributed by atoms with Crippen LogP contribution in [-0.4, -0.2) is 47.3 Å². The number of nitrogens with zero attached hydrogens (tertiary/aromatic N) is 2. The highest BCUT2D eigenvalue weighted by atomic mass is 16.2. The maximum Gasteiger partial charge on any atom is 0.254 e. The summed E-state index contributed by atoms with van der Waals surface area (Å²) >= 11 is 0. The van der Waals surface area contributed by atoms with Crippen LogP contribution in [0.5, 0.6) is 0 Å². The molecule has 0 unspecified atom stereocenters. The van der Waals surface area contributed by atoms with Gasteiger partial charge in [-0.15, -0.1) is 0 Å². The van der Waals surface area contributed by atoms with Crippen molar-refractivity contribution < 1.29 is 9.59 Å². The lowest BCUT2D eigenvalue weighted by atomic mass is 10.1. The Morgan fingerprint density at radius 1 is 1.21 bits per heavy atom. The minimum atomic E-state index is 0.0525. The van der Waals surface area contributed by atoms with Crippen LogP contribution >= 0.6 is 0 Å². The van der Waals surface area contributed by atoms with Crippen molar-refractivity contribution in [3.8, 4) is 0 Å². The predicted molar refractivity (Wildman–Crippen MR) is 73.8 cm³/mol. The fourth-order valence-electron chi connectivity index (χ4n) is 2.46. The van der Waals surface area contributed by atoms with Crippen molar-refractivity contribution in [1.82, 2.24) is 9.80 Å². The van der Waals surface area contributed by atoms with E-state index in [2.05, 4.69) is 0 Å². The van der Waals surface area contributed by atoms with Gasteiger partial charge in [-0.3, -0.25) is 9.59 Å². The number of hydrogen-bond donors (Lipinski definition) is 0. The van der Waals surface area contributed by atoms with Crippen LogP contribution in [0, 0.1) is 0 Å². The Balaban J connectivity index is 2.04. The smallest absolute Gasteiger partial charge is 0.254 e. The van der Waals surface area contributed by atoms with Gasteiger partial charge in [-0.1, -0.05) is 25.1 Å². The van der Waals surface area contributed by atoms with Crippen molar-refractivity contribution in [2.45, 2.75) is 26.3 Å². The van der Waals surface area contributed by atoms with Crippen LogP contribution in [0.25, 0.3) is 0 Å². The molecule has 0 aromatic heterocycles. The standard InChI is InChI=1S/C15H20N2O2/c1-3-14(18)16-9-10-17(12(2)11-16)15(19)13-7-5-4-6-8-13/h4-8,12H,3,9-11H2,1-2H3/t12-/m1/s1. The van der Waals surface area contributed by atoms with E-state index in [1.807, 2.05) is 54.0 Å². The first-order valence-electron chi connectivity index (χ1n) is 6.77. The molecule has 2 rings (SSSR count). The van der Waals surface area contributed by atoms with Gasteiger partial charge in [0.25, 0.3) is 5.91 Å². The lowest BCUT2D eigenvalue weighted by Gasteiger charge is -2.39. The average molecular weight is 260 g/mol. The van der Waals surface area contributed by atoms with Crippen LogP contribution in [0.1, 0.15) is 30.6 Å². The molecule has 1 fully saturated rings. The second kappa shape index (κ2) is 5.87. The average Bonchev–Trinajstić information content (AvgIpc) is 2.46. The van der Waals surface area contributed by atoms with E-state index in [1.54, 1.807) is 0 Å². The van der Waals surface area contributed by atoms with Gasteiger partial charge in [0.05, 0.1) is 0 Å². The third-order valence-electron chi connectivity index (χ3n) is 3.56. The first kappa shape index (κ1) is 13.6. The molecule has 1 atom stereocenters. The fraction of sp³-hybridized carbons (Fsp3) is 0.467. The van der Waals surface area contributed by atoms with E-state index in [9.17, 15) is 9.59 Å². The zero-order valence-corrected chi connectivity index (χ0v) is 11.5. The highest BCUT2D eigenvalue weighted by Gasteiger charge is 2.29. The van der Waals surface area contributed by atoms with Crippen molar-refractivity contribution in [3.05, 3.63) is 35.9 Å². The molecule has 0 bridgehead atoms. The summed E-state index contributed by atoms with van der Waals surface area (Å²) in [5.41, 5.74) is 0.713. The van der Waals surface area contributed by atoms with Gasteiger partial charge < -0.3 is 9.80 Å². The van der Waals surface area contributed by atoms with Gasteiger partial charge in [-0.2, -0.15) is 0 Å². The Kier molecular flexibility index (Phi) is 4.20. The van der Waals surface area contributed by atoms with E-state index in [0.29, 0.717) is 31.6 Å². The Morgan fingerprint density at radius 2 is 1.89 bits per heavy atom. The van der Waals surface area contributed by atoms with Crippen molar-refractivity contribution in [2.24, 2.45) is 0 Å². The van der Waals surface area contributed by atoms with Gasteiger partial charge in [0.1, 0.15) is 0 Å². The predicted octanol–water partition coefficient (Wildman–Crippen LogP) is 1.77. The number of rotatable bonds is 2. The summed E-state index contributed by atoms with van der Waals surface area (Å²) in [6.07, 6.45) is 0.527. The molecule has 1 aromatic rings. The van der Waals surface area contributed by atoms with Crippen LogP contribution in [0.15, 0.2) is 30.3 Å². The largest absolute Gasteiger partial charge is 0.339 e. The normalized spacial score (nSPS) is 19.4. The molecule has 19 heavy (non-hydrogen) atoms. The fourth-order valence-corrected chi connectivity index (χ4v) is 2.46. The van der Waals surface area contributed by atoms with Gasteiger partial charge >= 0.3 is 0 Å². The molecule has 1 aliphatic rings. The number of benzene rings is 1. The second-order valence-electron chi connectivity index (χ2n) is 4.91. The quantitative estimate of drug-likeness (QED) is 0.813. The second-order valence-corrected chi connectivity index (χ2v) is 4.91. The number of piperazine rings is 1. The Hall–Kier alpha value is -1.84. The maximum absolute atomic E-state index is 12.4. The summed E-state index contributed by atoms with van der Waals surface area (Å²) in [5, 5.41) is 0. The number of hydrogen-bond acceptors (Lipinski definition) is 2.